The molecule has 90 valence electrons. The lowest BCUT2D eigenvalue weighted by Gasteiger charge is -2.21. The van der Waals surface area contributed by atoms with Crippen molar-refractivity contribution < 1.29 is 4.74 Å². The molecule has 0 saturated carbocycles. The first-order chi connectivity index (χ1) is 7.42. The molecule has 0 saturated heterocycles. The third-order valence-electron chi connectivity index (χ3n) is 2.62. The Morgan fingerprint density at radius 2 is 2.06 bits per heavy atom. The second-order valence-electron chi connectivity index (χ2n) is 4.91. The highest BCUT2D eigenvalue weighted by atomic mass is 16.5. The number of hydrogen-bond acceptors (Lipinski definition) is 3. The van der Waals surface area contributed by atoms with Crippen molar-refractivity contribution in [2.75, 3.05) is 7.11 Å². The molecule has 0 aliphatic carbocycles. The van der Waals surface area contributed by atoms with E-state index in [9.17, 15) is 0 Å². The van der Waals surface area contributed by atoms with Gasteiger partial charge in [0.2, 0.25) is 0 Å². The highest BCUT2D eigenvalue weighted by Gasteiger charge is 2.14. The minimum atomic E-state index is -0.156. The van der Waals surface area contributed by atoms with Crippen molar-refractivity contribution in [3.8, 4) is 5.75 Å². The third-order valence-corrected chi connectivity index (χ3v) is 2.62. The monoisotopic (exact) mass is 222 g/mol. The Kier molecular flexibility index (Phi) is 4.33. The largest absolute Gasteiger partial charge is 0.497 e. The summed E-state index contributed by atoms with van der Waals surface area (Å²) >= 11 is 0. The van der Waals surface area contributed by atoms with E-state index < -0.39 is 0 Å². The highest BCUT2D eigenvalue weighted by molar-refractivity contribution is 5.30. The number of benzene rings is 1. The zero-order valence-electron chi connectivity index (χ0n) is 10.4. The summed E-state index contributed by atoms with van der Waals surface area (Å²) in [7, 11) is 1.66. The fourth-order valence-electron chi connectivity index (χ4n) is 1.57. The fourth-order valence-corrected chi connectivity index (χ4v) is 1.57. The maximum atomic E-state index is 6.11. The number of nitrogens with two attached hydrogens (primary N) is 2. The molecule has 4 N–H and O–H groups in total. The van der Waals surface area contributed by atoms with Gasteiger partial charge in [-0.3, -0.25) is 0 Å². The summed E-state index contributed by atoms with van der Waals surface area (Å²) in [5.74, 6) is 0.847. The minimum Gasteiger partial charge on any atom is -0.497 e. The van der Waals surface area contributed by atoms with Gasteiger partial charge in [-0.15, -0.1) is 0 Å². The van der Waals surface area contributed by atoms with E-state index in [1.54, 1.807) is 7.11 Å². The zero-order chi connectivity index (χ0) is 12.2. The van der Waals surface area contributed by atoms with Gasteiger partial charge >= 0.3 is 0 Å². The van der Waals surface area contributed by atoms with Crippen LogP contribution in [0.5, 0.6) is 5.75 Å². The van der Waals surface area contributed by atoms with Crippen molar-refractivity contribution in [1.29, 1.82) is 0 Å². The Morgan fingerprint density at radius 3 is 2.62 bits per heavy atom. The lowest BCUT2D eigenvalue weighted by molar-refractivity contribution is 0.411. The number of hydrogen-bond donors (Lipinski definition) is 2. The normalized spacial score (nSPS) is 13.6. The summed E-state index contributed by atoms with van der Waals surface area (Å²) in [6, 6.07) is 7.91. The summed E-state index contributed by atoms with van der Waals surface area (Å²) < 4.78 is 5.17. The second-order valence-corrected chi connectivity index (χ2v) is 4.91. The van der Waals surface area contributed by atoms with Gasteiger partial charge in [0.15, 0.2) is 0 Å². The van der Waals surface area contributed by atoms with Crippen LogP contribution in [0.4, 0.5) is 0 Å². The molecule has 0 fully saturated rings. The Hall–Kier alpha value is -1.06. The second kappa shape index (κ2) is 5.32. The van der Waals surface area contributed by atoms with Gasteiger partial charge in [0.25, 0.3) is 0 Å². The average Bonchev–Trinajstić information content (AvgIpc) is 2.25. The van der Waals surface area contributed by atoms with Crippen LogP contribution in [0.3, 0.4) is 0 Å². The molecular weight excluding hydrogens is 200 g/mol. The van der Waals surface area contributed by atoms with Gasteiger partial charge < -0.3 is 16.2 Å². The maximum Gasteiger partial charge on any atom is 0.119 e. The summed E-state index contributed by atoms with van der Waals surface area (Å²) in [4.78, 5) is 0. The average molecular weight is 222 g/mol. The molecule has 1 aromatic carbocycles. The molecule has 0 aliphatic heterocycles. The first-order valence-corrected chi connectivity index (χ1v) is 5.61. The molecular formula is C13H22N2O. The Morgan fingerprint density at radius 1 is 1.38 bits per heavy atom. The first-order valence-electron chi connectivity index (χ1n) is 5.61. The molecule has 1 unspecified atom stereocenters. The molecule has 1 atom stereocenters. The van der Waals surface area contributed by atoms with Gasteiger partial charge in [0.05, 0.1) is 7.11 Å². The van der Waals surface area contributed by atoms with E-state index in [1.807, 2.05) is 38.1 Å². The summed E-state index contributed by atoms with van der Waals surface area (Å²) in [6.45, 7) is 4.04. The minimum absolute atomic E-state index is 0.0259. The standard InChI is InChI=1S/C13H22N2O/c1-13(2,15)8-7-12(14)10-5-4-6-11(9-10)16-3/h4-6,9,12H,7-8,14-15H2,1-3H3. The molecule has 1 aromatic rings. The third kappa shape index (κ3) is 4.21. The van der Waals surface area contributed by atoms with E-state index in [1.165, 1.54) is 0 Å². The van der Waals surface area contributed by atoms with E-state index in [4.69, 9.17) is 16.2 Å². The number of ether oxygens (including phenoxy) is 1. The number of rotatable bonds is 5. The molecule has 0 amide bonds. The molecule has 0 heterocycles. The molecule has 3 nitrogen and oxygen atoms in total. The van der Waals surface area contributed by atoms with Crippen LogP contribution in [0.2, 0.25) is 0 Å². The molecule has 3 heteroatoms. The van der Waals surface area contributed by atoms with Gasteiger partial charge in [-0.1, -0.05) is 12.1 Å². The van der Waals surface area contributed by atoms with Crippen molar-refractivity contribution >= 4 is 0 Å². The smallest absolute Gasteiger partial charge is 0.119 e. The Balaban J connectivity index is 2.62. The molecule has 0 bridgehead atoms. The molecule has 0 spiro atoms. The predicted octanol–water partition coefficient (Wildman–Crippen LogP) is 2.21. The summed E-state index contributed by atoms with van der Waals surface area (Å²) in [6.07, 6.45) is 1.79. The molecule has 16 heavy (non-hydrogen) atoms. The lowest BCUT2D eigenvalue weighted by Crippen LogP contribution is -2.32. The van der Waals surface area contributed by atoms with Crippen LogP contribution in [-0.2, 0) is 0 Å². The van der Waals surface area contributed by atoms with E-state index in [2.05, 4.69) is 0 Å². The van der Waals surface area contributed by atoms with Crippen molar-refractivity contribution in [1.82, 2.24) is 0 Å². The van der Waals surface area contributed by atoms with Crippen LogP contribution in [-0.4, -0.2) is 12.6 Å². The Bertz CT molecular complexity index is 331. The quantitative estimate of drug-likeness (QED) is 0.803. The van der Waals surface area contributed by atoms with E-state index >= 15 is 0 Å². The van der Waals surface area contributed by atoms with Gasteiger partial charge in [-0.05, 0) is 44.4 Å². The van der Waals surface area contributed by atoms with Crippen LogP contribution >= 0.6 is 0 Å². The topological polar surface area (TPSA) is 61.3 Å². The van der Waals surface area contributed by atoms with Crippen LogP contribution < -0.4 is 16.2 Å². The van der Waals surface area contributed by atoms with Gasteiger partial charge in [-0.25, -0.2) is 0 Å². The fraction of sp³-hybridized carbons (Fsp3) is 0.538. The lowest BCUT2D eigenvalue weighted by atomic mass is 9.94. The molecule has 0 radical (unpaired) electrons. The van der Waals surface area contributed by atoms with Crippen LogP contribution in [0.1, 0.15) is 38.3 Å². The zero-order valence-corrected chi connectivity index (χ0v) is 10.4. The van der Waals surface area contributed by atoms with E-state index in [0.29, 0.717) is 0 Å². The molecule has 1 rings (SSSR count). The van der Waals surface area contributed by atoms with Crippen molar-refractivity contribution in [2.24, 2.45) is 11.5 Å². The van der Waals surface area contributed by atoms with Gasteiger partial charge in [-0.2, -0.15) is 0 Å². The highest BCUT2D eigenvalue weighted by Crippen LogP contribution is 2.22. The number of methoxy groups -OCH3 is 1. The first kappa shape index (κ1) is 13.0. The van der Waals surface area contributed by atoms with Crippen molar-refractivity contribution in [3.63, 3.8) is 0 Å². The van der Waals surface area contributed by atoms with Crippen molar-refractivity contribution in [2.45, 2.75) is 38.3 Å². The van der Waals surface area contributed by atoms with E-state index in [-0.39, 0.29) is 11.6 Å². The van der Waals surface area contributed by atoms with Crippen LogP contribution in [0, 0.1) is 0 Å². The predicted molar refractivity (Wildman–Crippen MR) is 67.4 cm³/mol. The Labute approximate surface area is 97.8 Å². The van der Waals surface area contributed by atoms with Gasteiger partial charge in [0.1, 0.15) is 5.75 Å². The van der Waals surface area contributed by atoms with E-state index in [0.717, 1.165) is 24.2 Å². The maximum absolute atomic E-state index is 6.11. The molecule has 0 aromatic heterocycles. The molecule has 0 aliphatic rings. The van der Waals surface area contributed by atoms with Gasteiger partial charge in [0, 0.05) is 11.6 Å². The van der Waals surface area contributed by atoms with Crippen molar-refractivity contribution in [3.05, 3.63) is 29.8 Å². The summed E-state index contributed by atoms with van der Waals surface area (Å²) in [5.41, 5.74) is 13.0. The SMILES string of the molecule is COc1cccc(C(N)CCC(C)(C)N)c1. The summed E-state index contributed by atoms with van der Waals surface area (Å²) in [5, 5.41) is 0. The van der Waals surface area contributed by atoms with Crippen LogP contribution in [0.15, 0.2) is 24.3 Å². The van der Waals surface area contributed by atoms with Crippen LogP contribution in [0.25, 0.3) is 0 Å².